The molecular weight excluding hydrogens is 194 g/mol. The number of likely N-dealkylation sites (N-methyl/N-ethyl adjacent to an activating group) is 1. The van der Waals surface area contributed by atoms with Gasteiger partial charge in [-0.1, -0.05) is 0 Å². The summed E-state index contributed by atoms with van der Waals surface area (Å²) in [6, 6.07) is 1.78. The number of nitrogens with two attached hydrogens (primary N) is 1. The van der Waals surface area contributed by atoms with Crippen LogP contribution in [0.15, 0.2) is 12.4 Å². The Balaban J connectivity index is 2.52. The third-order valence-electron chi connectivity index (χ3n) is 1.97. The van der Waals surface area contributed by atoms with Crippen molar-refractivity contribution in [2.75, 3.05) is 37.1 Å². The molecule has 0 aromatic carbocycles. The van der Waals surface area contributed by atoms with Crippen molar-refractivity contribution in [3.63, 3.8) is 0 Å². The van der Waals surface area contributed by atoms with Crippen LogP contribution in [0.4, 0.5) is 11.6 Å². The van der Waals surface area contributed by atoms with Gasteiger partial charge in [0, 0.05) is 26.3 Å². The van der Waals surface area contributed by atoms with Crippen LogP contribution >= 0.6 is 0 Å². The predicted octanol–water partition coefficient (Wildman–Crippen LogP) is 0.235. The summed E-state index contributed by atoms with van der Waals surface area (Å²) >= 11 is 0. The molecule has 0 spiro atoms. The molecule has 1 rings (SSSR count). The first kappa shape index (κ1) is 11.7. The van der Waals surface area contributed by atoms with E-state index in [0.717, 1.165) is 19.0 Å². The second-order valence-corrected chi connectivity index (χ2v) is 3.02. The Morgan fingerprint density at radius 3 is 3.00 bits per heavy atom. The third kappa shape index (κ3) is 3.69. The SMILES string of the molecule is CCOCCN(C)c1cc(NN)ncn1. The van der Waals surface area contributed by atoms with Crippen molar-refractivity contribution >= 4 is 11.6 Å². The van der Waals surface area contributed by atoms with E-state index in [2.05, 4.69) is 15.4 Å². The van der Waals surface area contributed by atoms with Crippen molar-refractivity contribution in [1.29, 1.82) is 0 Å². The molecule has 0 bridgehead atoms. The number of ether oxygens (including phenoxy) is 1. The quantitative estimate of drug-likeness (QED) is 0.398. The van der Waals surface area contributed by atoms with Gasteiger partial charge in [-0.25, -0.2) is 15.8 Å². The summed E-state index contributed by atoms with van der Waals surface area (Å²) < 4.78 is 5.26. The Morgan fingerprint density at radius 2 is 2.33 bits per heavy atom. The number of aromatic nitrogens is 2. The summed E-state index contributed by atoms with van der Waals surface area (Å²) in [5, 5.41) is 0. The minimum atomic E-state index is 0.600. The Hall–Kier alpha value is -1.40. The van der Waals surface area contributed by atoms with E-state index in [0.29, 0.717) is 12.4 Å². The van der Waals surface area contributed by atoms with E-state index < -0.39 is 0 Å². The topological polar surface area (TPSA) is 76.3 Å². The highest BCUT2D eigenvalue weighted by atomic mass is 16.5. The molecule has 84 valence electrons. The van der Waals surface area contributed by atoms with E-state index in [1.807, 2.05) is 18.9 Å². The Bertz CT molecular complexity index is 294. The first-order valence-electron chi connectivity index (χ1n) is 4.85. The van der Waals surface area contributed by atoms with Gasteiger partial charge in [0.05, 0.1) is 6.61 Å². The van der Waals surface area contributed by atoms with Gasteiger partial charge in [0.2, 0.25) is 0 Å². The minimum absolute atomic E-state index is 0.600. The van der Waals surface area contributed by atoms with Gasteiger partial charge in [-0.3, -0.25) is 0 Å². The smallest absolute Gasteiger partial charge is 0.145 e. The Morgan fingerprint density at radius 1 is 1.53 bits per heavy atom. The van der Waals surface area contributed by atoms with Crippen molar-refractivity contribution in [2.45, 2.75) is 6.92 Å². The van der Waals surface area contributed by atoms with E-state index in [1.165, 1.54) is 6.33 Å². The molecule has 0 amide bonds. The maximum atomic E-state index is 5.26. The van der Waals surface area contributed by atoms with Gasteiger partial charge >= 0.3 is 0 Å². The van der Waals surface area contributed by atoms with Crippen LogP contribution in [-0.4, -0.2) is 36.8 Å². The van der Waals surface area contributed by atoms with Crippen LogP contribution in [0.1, 0.15) is 6.92 Å². The van der Waals surface area contributed by atoms with Crippen LogP contribution in [0.25, 0.3) is 0 Å². The largest absolute Gasteiger partial charge is 0.380 e. The molecule has 0 saturated carbocycles. The highest BCUT2D eigenvalue weighted by molar-refractivity contribution is 5.47. The first-order chi connectivity index (χ1) is 7.27. The molecule has 0 aliphatic rings. The number of hydrogen-bond acceptors (Lipinski definition) is 6. The summed E-state index contributed by atoms with van der Waals surface area (Å²) in [7, 11) is 1.95. The minimum Gasteiger partial charge on any atom is -0.380 e. The lowest BCUT2D eigenvalue weighted by Gasteiger charge is -2.17. The number of nitrogens with zero attached hydrogens (tertiary/aromatic N) is 3. The van der Waals surface area contributed by atoms with Gasteiger partial charge < -0.3 is 15.1 Å². The Labute approximate surface area is 89.4 Å². The van der Waals surface area contributed by atoms with Crippen molar-refractivity contribution in [3.05, 3.63) is 12.4 Å². The molecule has 1 heterocycles. The van der Waals surface area contributed by atoms with E-state index in [4.69, 9.17) is 10.6 Å². The number of rotatable bonds is 6. The molecule has 0 atom stereocenters. The molecule has 3 N–H and O–H groups in total. The number of hydrazine groups is 1. The number of nitrogens with one attached hydrogen (secondary N) is 1. The van der Waals surface area contributed by atoms with E-state index in [9.17, 15) is 0 Å². The molecule has 6 heteroatoms. The number of nitrogen functional groups attached to an aromatic ring is 1. The zero-order chi connectivity index (χ0) is 11.1. The van der Waals surface area contributed by atoms with Crippen LogP contribution in [0.5, 0.6) is 0 Å². The molecular formula is C9H17N5O. The van der Waals surface area contributed by atoms with Crippen LogP contribution in [0.3, 0.4) is 0 Å². The van der Waals surface area contributed by atoms with Gasteiger partial charge in [0.15, 0.2) is 0 Å². The molecule has 0 saturated heterocycles. The Kier molecular flexibility index (Phi) is 4.79. The molecule has 0 aliphatic carbocycles. The molecule has 0 aliphatic heterocycles. The van der Waals surface area contributed by atoms with E-state index in [-0.39, 0.29) is 0 Å². The standard InChI is InChI=1S/C9H17N5O/c1-3-15-5-4-14(2)9-6-8(13-10)11-7-12-9/h6-7H,3-5,10H2,1-2H3,(H,11,12,13). The molecule has 1 aromatic heterocycles. The molecule has 0 unspecified atom stereocenters. The summed E-state index contributed by atoms with van der Waals surface area (Å²) in [6.07, 6.45) is 1.47. The van der Waals surface area contributed by atoms with Crippen LogP contribution in [0.2, 0.25) is 0 Å². The predicted molar refractivity (Wildman–Crippen MR) is 59.6 cm³/mol. The normalized spacial score (nSPS) is 10.1. The summed E-state index contributed by atoms with van der Waals surface area (Å²) in [5.74, 6) is 6.67. The molecule has 0 fully saturated rings. The maximum Gasteiger partial charge on any atom is 0.145 e. The highest BCUT2D eigenvalue weighted by Gasteiger charge is 2.03. The van der Waals surface area contributed by atoms with Crippen LogP contribution < -0.4 is 16.2 Å². The fourth-order valence-corrected chi connectivity index (χ4v) is 1.10. The van der Waals surface area contributed by atoms with Crippen molar-refractivity contribution in [2.24, 2.45) is 5.84 Å². The third-order valence-corrected chi connectivity index (χ3v) is 1.97. The lowest BCUT2D eigenvalue weighted by atomic mass is 10.4. The van der Waals surface area contributed by atoms with E-state index >= 15 is 0 Å². The van der Waals surface area contributed by atoms with Gasteiger partial charge in [0.1, 0.15) is 18.0 Å². The first-order valence-corrected chi connectivity index (χ1v) is 4.85. The second-order valence-electron chi connectivity index (χ2n) is 3.02. The molecule has 0 radical (unpaired) electrons. The fourth-order valence-electron chi connectivity index (χ4n) is 1.10. The zero-order valence-corrected chi connectivity index (χ0v) is 9.10. The lowest BCUT2D eigenvalue weighted by molar-refractivity contribution is 0.154. The highest BCUT2D eigenvalue weighted by Crippen LogP contribution is 2.10. The number of hydrogen-bond donors (Lipinski definition) is 2. The van der Waals surface area contributed by atoms with Crippen LogP contribution in [0, 0.1) is 0 Å². The summed E-state index contributed by atoms with van der Waals surface area (Å²) in [6.45, 7) is 4.17. The maximum absolute atomic E-state index is 5.26. The summed E-state index contributed by atoms with van der Waals surface area (Å²) in [5.41, 5.74) is 2.48. The monoisotopic (exact) mass is 211 g/mol. The summed E-state index contributed by atoms with van der Waals surface area (Å²) in [4.78, 5) is 10.0. The van der Waals surface area contributed by atoms with Gasteiger partial charge in [-0.05, 0) is 6.92 Å². The second kappa shape index (κ2) is 6.15. The molecule has 15 heavy (non-hydrogen) atoms. The van der Waals surface area contributed by atoms with Crippen molar-refractivity contribution < 1.29 is 4.74 Å². The van der Waals surface area contributed by atoms with Crippen molar-refractivity contribution in [3.8, 4) is 0 Å². The van der Waals surface area contributed by atoms with Crippen LogP contribution in [-0.2, 0) is 4.74 Å². The van der Waals surface area contributed by atoms with Crippen molar-refractivity contribution in [1.82, 2.24) is 9.97 Å². The zero-order valence-electron chi connectivity index (χ0n) is 9.10. The molecule has 1 aromatic rings. The fraction of sp³-hybridized carbons (Fsp3) is 0.556. The number of anilines is 2. The lowest BCUT2D eigenvalue weighted by Crippen LogP contribution is -2.24. The molecule has 6 nitrogen and oxygen atoms in total. The average Bonchev–Trinajstić information content (AvgIpc) is 2.29. The van der Waals surface area contributed by atoms with Gasteiger partial charge in [-0.15, -0.1) is 0 Å². The van der Waals surface area contributed by atoms with E-state index in [1.54, 1.807) is 6.07 Å². The van der Waals surface area contributed by atoms with Gasteiger partial charge in [-0.2, -0.15) is 0 Å². The van der Waals surface area contributed by atoms with Gasteiger partial charge in [0.25, 0.3) is 0 Å². The average molecular weight is 211 g/mol.